The van der Waals surface area contributed by atoms with Crippen LogP contribution >= 0.6 is 0 Å². The molecule has 1 aliphatic carbocycles. The van der Waals surface area contributed by atoms with Crippen LogP contribution in [-0.2, 0) is 34.2 Å². The molecule has 3 rings (SSSR count). The van der Waals surface area contributed by atoms with Gasteiger partial charge in [-0.3, -0.25) is 4.79 Å². The SMILES string of the molecule is COc1ccc(CN(C)C(=O)CCNS(=O)(=O)c2ccc3c(c2)CCCC3)cc1. The molecule has 2 aromatic carbocycles. The Bertz CT molecular complexity index is 955. The number of rotatable bonds is 8. The summed E-state index contributed by atoms with van der Waals surface area (Å²) in [6.07, 6.45) is 4.30. The Kier molecular flexibility index (Phi) is 6.92. The number of nitrogens with zero attached hydrogens (tertiary/aromatic N) is 1. The number of methoxy groups -OCH3 is 1. The normalized spacial score (nSPS) is 13.6. The lowest BCUT2D eigenvalue weighted by atomic mass is 9.92. The predicted molar refractivity (Wildman–Crippen MR) is 112 cm³/mol. The van der Waals surface area contributed by atoms with Crippen molar-refractivity contribution < 1.29 is 17.9 Å². The maximum Gasteiger partial charge on any atom is 0.240 e. The number of nitrogens with one attached hydrogen (secondary N) is 1. The molecular formula is C22H28N2O4S. The molecule has 0 radical (unpaired) electrons. The van der Waals surface area contributed by atoms with Crippen molar-refractivity contribution in [1.29, 1.82) is 0 Å². The molecule has 0 heterocycles. The quantitative estimate of drug-likeness (QED) is 0.718. The van der Waals surface area contributed by atoms with Crippen LogP contribution in [0, 0.1) is 0 Å². The zero-order valence-corrected chi connectivity index (χ0v) is 17.8. The second kappa shape index (κ2) is 9.41. The lowest BCUT2D eigenvalue weighted by molar-refractivity contribution is -0.130. The lowest BCUT2D eigenvalue weighted by Gasteiger charge is -2.18. The van der Waals surface area contributed by atoms with Crippen LogP contribution in [0.3, 0.4) is 0 Å². The van der Waals surface area contributed by atoms with Crippen LogP contribution in [0.1, 0.15) is 36.0 Å². The van der Waals surface area contributed by atoms with Gasteiger partial charge in [-0.05, 0) is 66.6 Å². The largest absolute Gasteiger partial charge is 0.497 e. The van der Waals surface area contributed by atoms with Gasteiger partial charge in [0.2, 0.25) is 15.9 Å². The van der Waals surface area contributed by atoms with Gasteiger partial charge in [-0.25, -0.2) is 13.1 Å². The first-order valence-corrected chi connectivity index (χ1v) is 11.4. The van der Waals surface area contributed by atoms with E-state index in [1.807, 2.05) is 30.3 Å². The minimum atomic E-state index is -3.62. The molecule has 29 heavy (non-hydrogen) atoms. The number of hydrogen-bond donors (Lipinski definition) is 1. The van der Waals surface area contributed by atoms with Crippen molar-refractivity contribution in [2.45, 2.75) is 43.5 Å². The second-order valence-electron chi connectivity index (χ2n) is 7.38. The average molecular weight is 417 g/mol. The number of carbonyl (C=O) groups excluding carboxylic acids is 1. The summed E-state index contributed by atoms with van der Waals surface area (Å²) in [7, 11) is -0.296. The van der Waals surface area contributed by atoms with Gasteiger partial charge in [-0.15, -0.1) is 0 Å². The number of benzene rings is 2. The van der Waals surface area contributed by atoms with Crippen molar-refractivity contribution in [3.63, 3.8) is 0 Å². The van der Waals surface area contributed by atoms with E-state index in [2.05, 4.69) is 4.72 Å². The molecule has 0 saturated heterocycles. The fourth-order valence-corrected chi connectivity index (χ4v) is 4.62. The molecule has 6 nitrogen and oxygen atoms in total. The molecule has 0 saturated carbocycles. The zero-order valence-electron chi connectivity index (χ0n) is 17.0. The maximum atomic E-state index is 12.6. The minimum Gasteiger partial charge on any atom is -0.497 e. The van der Waals surface area contributed by atoms with E-state index in [-0.39, 0.29) is 23.8 Å². The summed E-state index contributed by atoms with van der Waals surface area (Å²) in [5.41, 5.74) is 3.34. The van der Waals surface area contributed by atoms with Crippen LogP contribution in [0.5, 0.6) is 5.75 Å². The number of sulfonamides is 1. The second-order valence-corrected chi connectivity index (χ2v) is 9.15. The Balaban J connectivity index is 1.52. The van der Waals surface area contributed by atoms with Crippen molar-refractivity contribution in [3.05, 3.63) is 59.2 Å². The van der Waals surface area contributed by atoms with Crippen molar-refractivity contribution in [2.24, 2.45) is 0 Å². The third kappa shape index (κ3) is 5.58. The van der Waals surface area contributed by atoms with Crippen LogP contribution in [0.25, 0.3) is 0 Å². The molecule has 1 amide bonds. The molecule has 0 spiro atoms. The molecular weight excluding hydrogens is 388 g/mol. The van der Waals surface area contributed by atoms with Crippen LogP contribution in [0.2, 0.25) is 0 Å². The first kappa shape index (κ1) is 21.3. The standard InChI is InChI=1S/C22H28N2O4S/c1-24(16-17-7-10-20(28-2)11-8-17)22(25)13-14-23-29(26,27)21-12-9-18-5-3-4-6-19(18)15-21/h7-12,15,23H,3-6,13-14,16H2,1-2H3. The summed E-state index contributed by atoms with van der Waals surface area (Å²) < 4.78 is 32.8. The van der Waals surface area contributed by atoms with Crippen LogP contribution in [-0.4, -0.2) is 39.9 Å². The fourth-order valence-electron chi connectivity index (χ4n) is 3.54. The van der Waals surface area contributed by atoms with Gasteiger partial charge in [-0.2, -0.15) is 0 Å². The van der Waals surface area contributed by atoms with Crippen LogP contribution < -0.4 is 9.46 Å². The van der Waals surface area contributed by atoms with E-state index < -0.39 is 10.0 Å². The van der Waals surface area contributed by atoms with Gasteiger partial charge in [-0.1, -0.05) is 18.2 Å². The highest BCUT2D eigenvalue weighted by molar-refractivity contribution is 7.89. The van der Waals surface area contributed by atoms with E-state index in [4.69, 9.17) is 4.74 Å². The topological polar surface area (TPSA) is 75.7 Å². The van der Waals surface area contributed by atoms with Gasteiger partial charge >= 0.3 is 0 Å². The van der Waals surface area contributed by atoms with Crippen molar-refractivity contribution in [2.75, 3.05) is 20.7 Å². The molecule has 0 fully saturated rings. The summed E-state index contributed by atoms with van der Waals surface area (Å²) >= 11 is 0. The number of carbonyl (C=O) groups is 1. The van der Waals surface area contributed by atoms with E-state index in [0.29, 0.717) is 6.54 Å². The molecule has 0 atom stereocenters. The summed E-state index contributed by atoms with van der Waals surface area (Å²) in [6.45, 7) is 0.533. The zero-order chi connectivity index (χ0) is 20.9. The minimum absolute atomic E-state index is 0.0746. The van der Waals surface area contributed by atoms with Gasteiger partial charge in [0.15, 0.2) is 0 Å². The molecule has 1 aliphatic rings. The number of ether oxygens (including phenoxy) is 1. The third-order valence-corrected chi connectivity index (χ3v) is 6.72. The Morgan fingerprint density at radius 3 is 2.45 bits per heavy atom. The van der Waals surface area contributed by atoms with E-state index in [1.165, 1.54) is 5.56 Å². The number of aryl methyl sites for hydroxylation is 2. The summed E-state index contributed by atoms with van der Waals surface area (Å²) in [5.74, 6) is 0.647. The Hall–Kier alpha value is -2.38. The smallest absolute Gasteiger partial charge is 0.240 e. The van der Waals surface area contributed by atoms with E-state index in [0.717, 1.165) is 42.6 Å². The van der Waals surface area contributed by atoms with E-state index in [1.54, 1.807) is 31.2 Å². The fraction of sp³-hybridized carbons (Fsp3) is 0.409. The number of fused-ring (bicyclic) bond motifs is 1. The summed E-state index contributed by atoms with van der Waals surface area (Å²) in [4.78, 5) is 14.2. The van der Waals surface area contributed by atoms with Crippen molar-refractivity contribution in [1.82, 2.24) is 9.62 Å². The molecule has 2 aromatic rings. The lowest BCUT2D eigenvalue weighted by Crippen LogP contribution is -2.32. The Morgan fingerprint density at radius 2 is 1.76 bits per heavy atom. The first-order valence-electron chi connectivity index (χ1n) is 9.87. The van der Waals surface area contributed by atoms with E-state index >= 15 is 0 Å². The number of hydrogen-bond acceptors (Lipinski definition) is 4. The van der Waals surface area contributed by atoms with Crippen LogP contribution in [0.4, 0.5) is 0 Å². The van der Waals surface area contributed by atoms with Gasteiger partial charge in [0.05, 0.1) is 12.0 Å². The average Bonchev–Trinajstić information content (AvgIpc) is 2.73. The molecule has 156 valence electrons. The molecule has 0 unspecified atom stereocenters. The predicted octanol–water partition coefficient (Wildman–Crippen LogP) is 2.90. The molecule has 0 aliphatic heterocycles. The van der Waals surface area contributed by atoms with Gasteiger partial charge < -0.3 is 9.64 Å². The summed E-state index contributed by atoms with van der Waals surface area (Å²) in [6, 6.07) is 12.8. The molecule has 7 heteroatoms. The maximum absolute atomic E-state index is 12.6. The van der Waals surface area contributed by atoms with Crippen LogP contribution in [0.15, 0.2) is 47.4 Å². The van der Waals surface area contributed by atoms with E-state index in [9.17, 15) is 13.2 Å². The van der Waals surface area contributed by atoms with Crippen molar-refractivity contribution in [3.8, 4) is 5.75 Å². The molecule has 1 N–H and O–H groups in total. The van der Waals surface area contributed by atoms with Gasteiger partial charge in [0, 0.05) is 26.6 Å². The van der Waals surface area contributed by atoms with Gasteiger partial charge in [0.25, 0.3) is 0 Å². The monoisotopic (exact) mass is 416 g/mol. The first-order chi connectivity index (χ1) is 13.9. The van der Waals surface area contributed by atoms with Crippen molar-refractivity contribution >= 4 is 15.9 Å². The third-order valence-electron chi connectivity index (χ3n) is 5.27. The highest BCUT2D eigenvalue weighted by atomic mass is 32.2. The molecule has 0 aromatic heterocycles. The Morgan fingerprint density at radius 1 is 1.07 bits per heavy atom. The molecule has 0 bridgehead atoms. The highest BCUT2D eigenvalue weighted by Crippen LogP contribution is 2.24. The number of amides is 1. The Labute approximate surface area is 172 Å². The summed E-state index contributed by atoms with van der Waals surface area (Å²) in [5, 5.41) is 0. The van der Waals surface area contributed by atoms with Gasteiger partial charge in [0.1, 0.15) is 5.75 Å². The highest BCUT2D eigenvalue weighted by Gasteiger charge is 2.18.